The molecule has 0 amide bonds. The molecule has 3 heterocycles. The molecule has 0 unspecified atom stereocenters. The predicted octanol–water partition coefficient (Wildman–Crippen LogP) is 1.13. The monoisotopic (exact) mass is 350 g/mol. The molecule has 2 N–H and O–H groups in total. The fourth-order valence-electron chi connectivity index (χ4n) is 3.01. The van der Waals surface area contributed by atoms with Crippen LogP contribution in [0.1, 0.15) is 33.6 Å². The number of nitrogens with zero attached hydrogens (tertiary/aromatic N) is 5. The molecule has 140 valence electrons. The topological polar surface area (TPSA) is 86.6 Å². The lowest BCUT2D eigenvalue weighted by atomic mass is 10.00. The Balaban J connectivity index is 1.87. The second-order valence-electron chi connectivity index (χ2n) is 7.70. The van der Waals surface area contributed by atoms with Crippen LogP contribution in [0.4, 0.5) is 17.8 Å². The number of nitrogens with one attached hydrogen (secondary N) is 1. The molecule has 2 aliphatic heterocycles. The number of morpholine rings is 1. The summed E-state index contributed by atoms with van der Waals surface area (Å²) in [6, 6.07) is 0. The number of ether oxygens (including phenoxy) is 1. The van der Waals surface area contributed by atoms with Gasteiger partial charge in [0.25, 0.3) is 0 Å². The Kier molecular flexibility index (Phi) is 5.58. The molecule has 0 saturated carbocycles. The molecule has 2 saturated heterocycles. The van der Waals surface area contributed by atoms with Gasteiger partial charge in [-0.2, -0.15) is 15.0 Å². The zero-order valence-corrected chi connectivity index (χ0v) is 15.5. The molecule has 2 fully saturated rings. The Morgan fingerprint density at radius 2 is 1.60 bits per heavy atom. The summed E-state index contributed by atoms with van der Waals surface area (Å²) in [5, 5.41) is 12.8. The highest BCUT2D eigenvalue weighted by molar-refractivity contribution is 5.46. The lowest BCUT2D eigenvalue weighted by molar-refractivity contribution is 0.122. The average Bonchev–Trinajstić information content (AvgIpc) is 2.62. The van der Waals surface area contributed by atoms with E-state index in [1.807, 2.05) is 13.8 Å². The van der Waals surface area contributed by atoms with Crippen LogP contribution >= 0.6 is 0 Å². The highest BCUT2D eigenvalue weighted by Crippen LogP contribution is 2.24. The van der Waals surface area contributed by atoms with Crippen LogP contribution in [0.15, 0.2) is 0 Å². The first-order valence-electron chi connectivity index (χ1n) is 9.19. The van der Waals surface area contributed by atoms with Crippen molar-refractivity contribution in [2.75, 3.05) is 61.1 Å². The first-order chi connectivity index (χ1) is 12.0. The maximum Gasteiger partial charge on any atom is 0.232 e. The van der Waals surface area contributed by atoms with E-state index in [1.165, 1.54) is 0 Å². The molecular formula is C17H30N6O2. The third-order valence-electron chi connectivity index (χ3n) is 4.82. The van der Waals surface area contributed by atoms with Crippen molar-refractivity contribution >= 4 is 17.8 Å². The summed E-state index contributed by atoms with van der Waals surface area (Å²) < 4.78 is 5.44. The second kappa shape index (κ2) is 7.70. The summed E-state index contributed by atoms with van der Waals surface area (Å²) >= 11 is 0. The fourth-order valence-corrected chi connectivity index (χ4v) is 3.01. The smallest absolute Gasteiger partial charge is 0.232 e. The number of anilines is 3. The minimum absolute atomic E-state index is 0.00212. The van der Waals surface area contributed by atoms with E-state index in [0.717, 1.165) is 50.9 Å². The third kappa shape index (κ3) is 4.70. The molecule has 0 aromatic carbocycles. The molecule has 8 heteroatoms. The number of rotatable bonds is 5. The van der Waals surface area contributed by atoms with Gasteiger partial charge in [0.15, 0.2) is 0 Å². The van der Waals surface area contributed by atoms with E-state index in [2.05, 4.69) is 32.0 Å². The first kappa shape index (κ1) is 18.1. The molecule has 0 aliphatic carbocycles. The quantitative estimate of drug-likeness (QED) is 0.817. The number of aliphatic hydroxyl groups excluding tert-OH is 1. The van der Waals surface area contributed by atoms with E-state index in [9.17, 15) is 5.11 Å². The van der Waals surface area contributed by atoms with Crippen LogP contribution in [0.25, 0.3) is 0 Å². The van der Waals surface area contributed by atoms with Gasteiger partial charge in [-0.15, -0.1) is 0 Å². The van der Waals surface area contributed by atoms with Crippen LogP contribution in [0.5, 0.6) is 0 Å². The largest absolute Gasteiger partial charge is 0.394 e. The predicted molar refractivity (Wildman–Crippen MR) is 98.3 cm³/mol. The number of aromatic nitrogens is 3. The standard InChI is InChI=1S/C17H30N6O2/c1-13-4-6-22(7-5-13)15-18-14(21-17(2,3)12-24)19-16(20-15)23-8-10-25-11-9-23/h13,24H,4-12H2,1-3H3,(H,18,19,20,21). The summed E-state index contributed by atoms with van der Waals surface area (Å²) in [5.74, 6) is 2.68. The van der Waals surface area contributed by atoms with E-state index in [4.69, 9.17) is 9.72 Å². The summed E-state index contributed by atoms with van der Waals surface area (Å²) in [5.41, 5.74) is -0.489. The molecule has 2 aliphatic rings. The van der Waals surface area contributed by atoms with E-state index in [-0.39, 0.29) is 6.61 Å². The van der Waals surface area contributed by atoms with Gasteiger partial charge in [0, 0.05) is 26.2 Å². The molecule has 0 spiro atoms. The van der Waals surface area contributed by atoms with Crippen molar-refractivity contribution < 1.29 is 9.84 Å². The summed E-state index contributed by atoms with van der Waals surface area (Å²) in [7, 11) is 0. The zero-order chi connectivity index (χ0) is 17.9. The first-order valence-corrected chi connectivity index (χ1v) is 9.19. The van der Waals surface area contributed by atoms with Gasteiger partial charge in [-0.1, -0.05) is 6.92 Å². The third-order valence-corrected chi connectivity index (χ3v) is 4.82. The van der Waals surface area contributed by atoms with E-state index < -0.39 is 5.54 Å². The molecule has 0 bridgehead atoms. The van der Waals surface area contributed by atoms with Crippen LogP contribution in [-0.2, 0) is 4.74 Å². The Morgan fingerprint density at radius 1 is 1.04 bits per heavy atom. The van der Waals surface area contributed by atoms with Crippen molar-refractivity contribution in [3.63, 3.8) is 0 Å². The number of hydrogen-bond acceptors (Lipinski definition) is 8. The maximum atomic E-state index is 9.55. The van der Waals surface area contributed by atoms with E-state index >= 15 is 0 Å². The molecule has 0 atom stereocenters. The van der Waals surface area contributed by atoms with Crippen LogP contribution in [0.3, 0.4) is 0 Å². The van der Waals surface area contributed by atoms with Gasteiger partial charge < -0.3 is 25.0 Å². The minimum atomic E-state index is -0.489. The zero-order valence-electron chi connectivity index (χ0n) is 15.5. The molecule has 8 nitrogen and oxygen atoms in total. The maximum absolute atomic E-state index is 9.55. The Hall–Kier alpha value is -1.67. The highest BCUT2D eigenvalue weighted by Gasteiger charge is 2.24. The van der Waals surface area contributed by atoms with Gasteiger partial charge in [-0.3, -0.25) is 0 Å². The molecule has 3 rings (SSSR count). The Labute approximate surface area is 149 Å². The fraction of sp³-hybridized carbons (Fsp3) is 0.824. The molecule has 0 radical (unpaired) electrons. The molecular weight excluding hydrogens is 320 g/mol. The van der Waals surface area contributed by atoms with Crippen molar-refractivity contribution in [2.24, 2.45) is 5.92 Å². The van der Waals surface area contributed by atoms with Gasteiger partial charge >= 0.3 is 0 Å². The number of piperidine rings is 1. The molecule has 25 heavy (non-hydrogen) atoms. The lowest BCUT2D eigenvalue weighted by Crippen LogP contribution is -2.40. The average molecular weight is 350 g/mol. The van der Waals surface area contributed by atoms with Crippen LogP contribution in [0, 0.1) is 5.92 Å². The number of hydrogen-bond donors (Lipinski definition) is 2. The van der Waals surface area contributed by atoms with Gasteiger partial charge in [0.05, 0.1) is 25.4 Å². The van der Waals surface area contributed by atoms with E-state index in [1.54, 1.807) is 0 Å². The van der Waals surface area contributed by atoms with Crippen molar-refractivity contribution in [1.82, 2.24) is 15.0 Å². The summed E-state index contributed by atoms with van der Waals surface area (Å²) in [4.78, 5) is 18.3. The second-order valence-corrected chi connectivity index (χ2v) is 7.70. The van der Waals surface area contributed by atoms with E-state index in [0.29, 0.717) is 25.1 Å². The van der Waals surface area contributed by atoms with Crippen LogP contribution in [-0.4, -0.2) is 71.6 Å². The van der Waals surface area contributed by atoms with Crippen LogP contribution < -0.4 is 15.1 Å². The van der Waals surface area contributed by atoms with Gasteiger partial charge in [0.1, 0.15) is 0 Å². The van der Waals surface area contributed by atoms with Crippen LogP contribution in [0.2, 0.25) is 0 Å². The normalized spacial score (nSPS) is 20.0. The molecule has 1 aromatic rings. The Morgan fingerprint density at radius 3 is 2.16 bits per heavy atom. The van der Waals surface area contributed by atoms with Gasteiger partial charge in [-0.25, -0.2) is 0 Å². The van der Waals surface area contributed by atoms with Gasteiger partial charge in [-0.05, 0) is 32.6 Å². The number of aliphatic hydroxyl groups is 1. The van der Waals surface area contributed by atoms with Crippen molar-refractivity contribution in [3.8, 4) is 0 Å². The lowest BCUT2D eigenvalue weighted by Gasteiger charge is -2.32. The van der Waals surface area contributed by atoms with Gasteiger partial charge in [0.2, 0.25) is 17.8 Å². The minimum Gasteiger partial charge on any atom is -0.394 e. The van der Waals surface area contributed by atoms with Crippen molar-refractivity contribution in [1.29, 1.82) is 0 Å². The van der Waals surface area contributed by atoms with Crippen molar-refractivity contribution in [2.45, 2.75) is 39.2 Å². The molecule has 1 aromatic heterocycles. The van der Waals surface area contributed by atoms with Crippen molar-refractivity contribution in [3.05, 3.63) is 0 Å². The highest BCUT2D eigenvalue weighted by atomic mass is 16.5. The SMILES string of the molecule is CC1CCN(c2nc(NC(C)(C)CO)nc(N3CCOCC3)n2)CC1. The summed E-state index contributed by atoms with van der Waals surface area (Å²) in [6.45, 7) is 11.0. The Bertz CT molecular complexity index is 568. The summed E-state index contributed by atoms with van der Waals surface area (Å²) in [6.07, 6.45) is 2.31.